The van der Waals surface area contributed by atoms with E-state index in [0.29, 0.717) is 13.2 Å². The van der Waals surface area contributed by atoms with Crippen LogP contribution in [0.2, 0.25) is 0 Å². The lowest BCUT2D eigenvalue weighted by atomic mass is 10.1. The maximum Gasteiger partial charge on any atom is 0.133 e. The Balaban J connectivity index is 1.71. The molecule has 0 amide bonds. The number of hydrogen-bond acceptors (Lipinski definition) is 3. The lowest BCUT2D eigenvalue weighted by molar-refractivity contribution is 0.0424. The summed E-state index contributed by atoms with van der Waals surface area (Å²) in [6.07, 6.45) is 3.53. The van der Waals surface area contributed by atoms with Crippen LogP contribution in [0.4, 0.5) is 0 Å². The van der Waals surface area contributed by atoms with Gasteiger partial charge in [-0.15, -0.1) is 0 Å². The van der Waals surface area contributed by atoms with Crippen LogP contribution >= 0.6 is 0 Å². The van der Waals surface area contributed by atoms with Gasteiger partial charge in [-0.1, -0.05) is 30.3 Å². The van der Waals surface area contributed by atoms with Crippen molar-refractivity contribution >= 4 is 0 Å². The zero-order valence-corrected chi connectivity index (χ0v) is 10.4. The van der Waals surface area contributed by atoms with E-state index in [1.807, 2.05) is 18.2 Å². The standard InChI is InChI=1S/C15H19NO2/c16-12-15(14-9-5-11-17-14)18-10-4-8-13-6-2-1-3-7-13/h1-3,5-7,9,11,15H,4,8,10,12,16H2. The number of benzene rings is 1. The van der Waals surface area contributed by atoms with E-state index in [0.717, 1.165) is 18.6 Å². The fourth-order valence-corrected chi connectivity index (χ4v) is 1.89. The topological polar surface area (TPSA) is 48.4 Å². The number of ether oxygens (including phenoxy) is 1. The molecular weight excluding hydrogens is 226 g/mol. The molecule has 0 saturated carbocycles. The van der Waals surface area contributed by atoms with Crippen molar-refractivity contribution in [2.75, 3.05) is 13.2 Å². The Morgan fingerprint density at radius 3 is 2.61 bits per heavy atom. The van der Waals surface area contributed by atoms with Crippen LogP contribution in [-0.4, -0.2) is 13.2 Å². The molecule has 2 N–H and O–H groups in total. The molecule has 0 aliphatic heterocycles. The maximum atomic E-state index is 5.74. The molecule has 0 saturated heterocycles. The molecule has 1 unspecified atom stereocenters. The fourth-order valence-electron chi connectivity index (χ4n) is 1.89. The number of nitrogens with two attached hydrogens (primary N) is 1. The van der Waals surface area contributed by atoms with Crippen molar-refractivity contribution in [2.24, 2.45) is 5.73 Å². The Morgan fingerprint density at radius 1 is 1.11 bits per heavy atom. The molecule has 2 rings (SSSR count). The fraction of sp³-hybridized carbons (Fsp3) is 0.333. The highest BCUT2D eigenvalue weighted by Crippen LogP contribution is 2.16. The van der Waals surface area contributed by atoms with Crippen molar-refractivity contribution in [3.8, 4) is 0 Å². The Bertz CT molecular complexity index is 425. The van der Waals surface area contributed by atoms with Gasteiger partial charge in [0.2, 0.25) is 0 Å². The number of aryl methyl sites for hydroxylation is 1. The number of furan rings is 1. The Morgan fingerprint density at radius 2 is 1.94 bits per heavy atom. The summed E-state index contributed by atoms with van der Waals surface area (Å²) in [4.78, 5) is 0. The largest absolute Gasteiger partial charge is 0.467 e. The molecule has 0 aliphatic rings. The minimum Gasteiger partial charge on any atom is -0.467 e. The molecule has 0 bridgehead atoms. The molecule has 1 aromatic carbocycles. The summed E-state index contributed by atoms with van der Waals surface area (Å²) in [6, 6.07) is 14.2. The molecule has 1 aromatic heterocycles. The molecule has 0 fully saturated rings. The molecule has 0 aliphatic carbocycles. The van der Waals surface area contributed by atoms with Gasteiger partial charge in [0, 0.05) is 13.2 Å². The second kappa shape index (κ2) is 6.99. The summed E-state index contributed by atoms with van der Waals surface area (Å²) in [7, 11) is 0. The molecular formula is C15H19NO2. The summed E-state index contributed by atoms with van der Waals surface area (Å²) < 4.78 is 11.0. The lowest BCUT2D eigenvalue weighted by Gasteiger charge is -2.13. The van der Waals surface area contributed by atoms with Gasteiger partial charge in [0.05, 0.1) is 6.26 Å². The summed E-state index contributed by atoms with van der Waals surface area (Å²) in [5.74, 6) is 0.803. The molecule has 2 aromatic rings. The average molecular weight is 245 g/mol. The maximum absolute atomic E-state index is 5.74. The molecule has 1 heterocycles. The number of rotatable bonds is 7. The van der Waals surface area contributed by atoms with E-state index in [-0.39, 0.29) is 6.10 Å². The Hall–Kier alpha value is -1.58. The first-order chi connectivity index (χ1) is 8.90. The van der Waals surface area contributed by atoms with E-state index in [1.54, 1.807) is 6.26 Å². The van der Waals surface area contributed by atoms with Gasteiger partial charge in [0.25, 0.3) is 0 Å². The van der Waals surface area contributed by atoms with Crippen LogP contribution in [0.5, 0.6) is 0 Å². The predicted molar refractivity (Wildman–Crippen MR) is 71.2 cm³/mol. The third kappa shape index (κ3) is 3.72. The SMILES string of the molecule is NCC(OCCCc1ccccc1)c1ccco1. The van der Waals surface area contributed by atoms with Crippen LogP contribution in [0.25, 0.3) is 0 Å². The summed E-state index contributed by atoms with van der Waals surface area (Å²) >= 11 is 0. The van der Waals surface area contributed by atoms with E-state index in [9.17, 15) is 0 Å². The van der Waals surface area contributed by atoms with Gasteiger partial charge in [-0.25, -0.2) is 0 Å². The van der Waals surface area contributed by atoms with Gasteiger partial charge in [0.15, 0.2) is 0 Å². The molecule has 3 nitrogen and oxygen atoms in total. The minimum absolute atomic E-state index is 0.129. The Kier molecular flexibility index (Phi) is 5.00. The first-order valence-electron chi connectivity index (χ1n) is 6.29. The van der Waals surface area contributed by atoms with Crippen LogP contribution < -0.4 is 5.73 Å². The van der Waals surface area contributed by atoms with E-state index in [1.165, 1.54) is 5.56 Å². The quantitative estimate of drug-likeness (QED) is 0.763. The van der Waals surface area contributed by atoms with Gasteiger partial charge < -0.3 is 14.9 Å². The molecule has 0 spiro atoms. The highest BCUT2D eigenvalue weighted by Gasteiger charge is 2.12. The highest BCUT2D eigenvalue weighted by molar-refractivity contribution is 5.14. The predicted octanol–water partition coefficient (Wildman–Crippen LogP) is 2.93. The average Bonchev–Trinajstić information content (AvgIpc) is 2.94. The molecule has 3 heteroatoms. The smallest absolute Gasteiger partial charge is 0.133 e. The molecule has 0 radical (unpaired) electrons. The van der Waals surface area contributed by atoms with E-state index >= 15 is 0 Å². The molecule has 1 atom stereocenters. The highest BCUT2D eigenvalue weighted by atomic mass is 16.5. The normalized spacial score (nSPS) is 12.5. The van der Waals surface area contributed by atoms with Gasteiger partial charge in [-0.2, -0.15) is 0 Å². The number of hydrogen-bond donors (Lipinski definition) is 1. The van der Waals surface area contributed by atoms with Crippen LogP contribution in [0.3, 0.4) is 0 Å². The first kappa shape index (κ1) is 12.9. The van der Waals surface area contributed by atoms with E-state index in [4.69, 9.17) is 14.9 Å². The van der Waals surface area contributed by atoms with E-state index < -0.39 is 0 Å². The van der Waals surface area contributed by atoms with Crippen LogP contribution in [0.1, 0.15) is 23.8 Å². The van der Waals surface area contributed by atoms with Gasteiger partial charge >= 0.3 is 0 Å². The van der Waals surface area contributed by atoms with Crippen LogP contribution in [0, 0.1) is 0 Å². The van der Waals surface area contributed by atoms with E-state index in [2.05, 4.69) is 24.3 Å². The third-order valence-corrected chi connectivity index (χ3v) is 2.85. The van der Waals surface area contributed by atoms with Crippen molar-refractivity contribution in [1.82, 2.24) is 0 Å². The second-order valence-corrected chi connectivity index (χ2v) is 4.20. The first-order valence-corrected chi connectivity index (χ1v) is 6.29. The van der Waals surface area contributed by atoms with Crippen molar-refractivity contribution in [2.45, 2.75) is 18.9 Å². The van der Waals surface area contributed by atoms with Crippen LogP contribution in [0.15, 0.2) is 53.1 Å². The summed E-state index contributed by atoms with van der Waals surface area (Å²) in [6.45, 7) is 1.14. The van der Waals surface area contributed by atoms with Gasteiger partial charge in [0.1, 0.15) is 11.9 Å². The van der Waals surface area contributed by atoms with Crippen molar-refractivity contribution in [3.63, 3.8) is 0 Å². The third-order valence-electron chi connectivity index (χ3n) is 2.85. The lowest BCUT2D eigenvalue weighted by Crippen LogP contribution is -2.16. The monoisotopic (exact) mass is 245 g/mol. The van der Waals surface area contributed by atoms with Crippen molar-refractivity contribution in [3.05, 3.63) is 60.1 Å². The molecule has 18 heavy (non-hydrogen) atoms. The summed E-state index contributed by atoms with van der Waals surface area (Å²) in [5, 5.41) is 0. The van der Waals surface area contributed by atoms with Gasteiger partial charge in [-0.3, -0.25) is 0 Å². The van der Waals surface area contributed by atoms with Crippen LogP contribution in [-0.2, 0) is 11.2 Å². The Labute approximate surface area is 108 Å². The second-order valence-electron chi connectivity index (χ2n) is 4.20. The molecule has 96 valence electrons. The zero-order chi connectivity index (χ0) is 12.6. The van der Waals surface area contributed by atoms with Gasteiger partial charge in [-0.05, 0) is 30.5 Å². The van der Waals surface area contributed by atoms with Crippen molar-refractivity contribution in [1.29, 1.82) is 0 Å². The minimum atomic E-state index is -0.129. The summed E-state index contributed by atoms with van der Waals surface area (Å²) in [5.41, 5.74) is 7.01. The van der Waals surface area contributed by atoms with Crippen molar-refractivity contribution < 1.29 is 9.15 Å². The zero-order valence-electron chi connectivity index (χ0n) is 10.4.